The number of aryl methyl sites for hydroxylation is 1. The minimum Gasteiger partial charge on any atom is -0.377 e. The van der Waals surface area contributed by atoms with Gasteiger partial charge in [0, 0.05) is 30.7 Å². The Balaban J connectivity index is 1.46. The van der Waals surface area contributed by atoms with Crippen LogP contribution in [0, 0.1) is 0 Å². The molecule has 0 radical (unpaired) electrons. The third-order valence-corrected chi connectivity index (χ3v) is 8.19. The third-order valence-electron chi connectivity index (χ3n) is 6.29. The third kappa shape index (κ3) is 3.76. The lowest BCUT2D eigenvalue weighted by Gasteiger charge is -2.25. The number of piperidine rings is 1. The minimum absolute atomic E-state index is 0.334. The van der Waals surface area contributed by atoms with Crippen molar-refractivity contribution in [3.8, 4) is 0 Å². The van der Waals surface area contributed by atoms with Crippen molar-refractivity contribution in [1.29, 1.82) is 0 Å². The van der Waals surface area contributed by atoms with Gasteiger partial charge in [-0.3, -0.25) is 0 Å². The molecule has 6 nitrogen and oxygen atoms in total. The van der Waals surface area contributed by atoms with Crippen LogP contribution in [0.4, 0.5) is 5.69 Å². The number of rotatable bonds is 6. The highest BCUT2D eigenvalue weighted by atomic mass is 32.2. The number of nitrogens with one attached hydrogen (secondary N) is 1. The maximum absolute atomic E-state index is 13.1. The number of anilines is 1. The fourth-order valence-corrected chi connectivity index (χ4v) is 6.15. The van der Waals surface area contributed by atoms with Gasteiger partial charge in [-0.05, 0) is 49.4 Å². The molecule has 0 atom stereocenters. The topological polar surface area (TPSA) is 67.2 Å². The van der Waals surface area contributed by atoms with E-state index in [4.69, 9.17) is 4.98 Å². The van der Waals surface area contributed by atoms with E-state index in [1.54, 1.807) is 16.4 Å². The quantitative estimate of drug-likeness (QED) is 0.451. The van der Waals surface area contributed by atoms with Gasteiger partial charge < -0.3 is 9.88 Å². The highest BCUT2D eigenvalue weighted by molar-refractivity contribution is 7.89. The van der Waals surface area contributed by atoms with Crippen LogP contribution in [0.25, 0.3) is 21.8 Å². The molecule has 4 aromatic rings. The molecule has 3 aromatic carbocycles. The van der Waals surface area contributed by atoms with Crippen LogP contribution in [-0.4, -0.2) is 35.4 Å². The standard InChI is InChI=1S/C25H28N4O2S/c1-2-29-24-14-13-20(32(30,31)28-15-6-3-7-16-28)17-23(24)27-25(29)18-26-22-12-8-10-19-9-4-5-11-21(19)22/h4-5,8-14,17,26H,2-3,6-7,15-16,18H2,1H3. The second kappa shape index (κ2) is 8.56. The van der Waals surface area contributed by atoms with Gasteiger partial charge in [0.1, 0.15) is 5.82 Å². The van der Waals surface area contributed by atoms with Crippen LogP contribution in [0.15, 0.2) is 65.6 Å². The maximum atomic E-state index is 13.1. The summed E-state index contributed by atoms with van der Waals surface area (Å²) in [5.74, 6) is 0.892. The Bertz CT molecular complexity index is 1370. The summed E-state index contributed by atoms with van der Waals surface area (Å²) in [5, 5.41) is 5.89. The molecule has 0 spiro atoms. The predicted molar refractivity (Wildman–Crippen MR) is 129 cm³/mol. The molecule has 166 valence electrons. The van der Waals surface area contributed by atoms with E-state index < -0.39 is 10.0 Å². The summed E-state index contributed by atoms with van der Waals surface area (Å²) in [6.45, 7) is 4.61. The monoisotopic (exact) mass is 448 g/mol. The van der Waals surface area contributed by atoms with Gasteiger partial charge in [-0.15, -0.1) is 0 Å². The van der Waals surface area contributed by atoms with Gasteiger partial charge in [0.15, 0.2) is 0 Å². The molecule has 7 heteroatoms. The lowest BCUT2D eigenvalue weighted by atomic mass is 10.1. The molecule has 1 fully saturated rings. The minimum atomic E-state index is -3.47. The number of hydrogen-bond donors (Lipinski definition) is 1. The fraction of sp³-hybridized carbons (Fsp3) is 0.320. The number of nitrogens with zero attached hydrogens (tertiary/aromatic N) is 3. The molecule has 0 amide bonds. The molecule has 1 aromatic heterocycles. The fourth-order valence-electron chi connectivity index (χ4n) is 4.62. The molecule has 1 aliphatic heterocycles. The molecule has 1 saturated heterocycles. The number of benzene rings is 3. The molecular weight excluding hydrogens is 420 g/mol. The first kappa shape index (κ1) is 21.0. The predicted octanol–water partition coefficient (Wildman–Crippen LogP) is 5.00. The molecule has 1 N–H and O–H groups in total. The van der Waals surface area contributed by atoms with Crippen LogP contribution in [-0.2, 0) is 23.1 Å². The zero-order chi connectivity index (χ0) is 22.1. The zero-order valence-corrected chi connectivity index (χ0v) is 19.1. The van der Waals surface area contributed by atoms with Gasteiger partial charge in [0.25, 0.3) is 0 Å². The van der Waals surface area contributed by atoms with Crippen molar-refractivity contribution in [2.24, 2.45) is 0 Å². The molecule has 0 bridgehead atoms. The van der Waals surface area contributed by atoms with Crippen LogP contribution in [0.5, 0.6) is 0 Å². The summed E-state index contributed by atoms with van der Waals surface area (Å²) in [6.07, 6.45) is 2.95. The van der Waals surface area contributed by atoms with E-state index in [1.165, 1.54) is 10.8 Å². The van der Waals surface area contributed by atoms with E-state index in [2.05, 4.69) is 41.1 Å². The number of hydrogen-bond acceptors (Lipinski definition) is 4. The maximum Gasteiger partial charge on any atom is 0.243 e. The average molecular weight is 449 g/mol. The Morgan fingerprint density at radius 1 is 0.969 bits per heavy atom. The van der Waals surface area contributed by atoms with Crippen molar-refractivity contribution in [2.45, 2.75) is 44.2 Å². The van der Waals surface area contributed by atoms with E-state index in [-0.39, 0.29) is 0 Å². The lowest BCUT2D eigenvalue weighted by Crippen LogP contribution is -2.35. The molecule has 1 aliphatic rings. The molecule has 0 unspecified atom stereocenters. The van der Waals surface area contributed by atoms with Crippen molar-refractivity contribution in [1.82, 2.24) is 13.9 Å². The number of sulfonamides is 1. The summed E-state index contributed by atoms with van der Waals surface area (Å²) in [4.78, 5) is 5.15. The van der Waals surface area contributed by atoms with E-state index in [0.717, 1.165) is 48.4 Å². The highest BCUT2D eigenvalue weighted by Gasteiger charge is 2.26. The molecular formula is C25H28N4O2S. The van der Waals surface area contributed by atoms with Gasteiger partial charge >= 0.3 is 0 Å². The van der Waals surface area contributed by atoms with Gasteiger partial charge in [0.2, 0.25) is 10.0 Å². The Labute approximate surface area is 188 Å². The van der Waals surface area contributed by atoms with Crippen LogP contribution < -0.4 is 5.32 Å². The Morgan fingerprint density at radius 3 is 2.56 bits per heavy atom. The summed E-state index contributed by atoms with van der Waals surface area (Å²) in [6, 6.07) is 19.9. The van der Waals surface area contributed by atoms with Gasteiger partial charge in [-0.1, -0.05) is 42.8 Å². The lowest BCUT2D eigenvalue weighted by molar-refractivity contribution is 0.346. The molecule has 5 rings (SSSR count). The smallest absolute Gasteiger partial charge is 0.243 e. The van der Waals surface area contributed by atoms with Crippen molar-refractivity contribution in [3.63, 3.8) is 0 Å². The summed E-state index contributed by atoms with van der Waals surface area (Å²) < 4.78 is 30.0. The number of aromatic nitrogens is 2. The first-order valence-corrected chi connectivity index (χ1v) is 12.7. The van der Waals surface area contributed by atoms with Crippen molar-refractivity contribution >= 4 is 37.5 Å². The SMILES string of the molecule is CCn1c(CNc2cccc3ccccc23)nc2cc(S(=O)(=O)N3CCCCC3)ccc21. The summed E-state index contributed by atoms with van der Waals surface area (Å²) in [5.41, 5.74) is 2.74. The van der Waals surface area contributed by atoms with Crippen LogP contribution >= 0.6 is 0 Å². The van der Waals surface area contributed by atoms with Crippen LogP contribution in [0.3, 0.4) is 0 Å². The average Bonchev–Trinajstić information content (AvgIpc) is 3.20. The number of fused-ring (bicyclic) bond motifs is 2. The molecule has 0 saturated carbocycles. The van der Waals surface area contributed by atoms with E-state index in [9.17, 15) is 8.42 Å². The summed E-state index contributed by atoms with van der Waals surface area (Å²) in [7, 11) is -3.47. The molecule has 2 heterocycles. The van der Waals surface area contributed by atoms with E-state index >= 15 is 0 Å². The van der Waals surface area contributed by atoms with Crippen molar-refractivity contribution < 1.29 is 8.42 Å². The Morgan fingerprint density at radius 2 is 1.75 bits per heavy atom. The van der Waals surface area contributed by atoms with Crippen LogP contribution in [0.2, 0.25) is 0 Å². The second-order valence-corrected chi connectivity index (χ2v) is 10.2. The van der Waals surface area contributed by atoms with Gasteiger partial charge in [-0.2, -0.15) is 4.31 Å². The Kier molecular flexibility index (Phi) is 5.61. The van der Waals surface area contributed by atoms with Gasteiger partial charge in [-0.25, -0.2) is 13.4 Å². The molecule has 32 heavy (non-hydrogen) atoms. The first-order valence-electron chi connectivity index (χ1n) is 11.3. The second-order valence-electron chi connectivity index (χ2n) is 8.27. The van der Waals surface area contributed by atoms with Gasteiger partial charge in [0.05, 0.1) is 22.5 Å². The Hall–Kier alpha value is -2.90. The normalized spacial score (nSPS) is 15.4. The van der Waals surface area contributed by atoms with E-state index in [1.807, 2.05) is 24.3 Å². The number of imidazole rings is 1. The van der Waals surface area contributed by atoms with Crippen molar-refractivity contribution in [3.05, 3.63) is 66.5 Å². The zero-order valence-electron chi connectivity index (χ0n) is 18.3. The molecule has 0 aliphatic carbocycles. The largest absolute Gasteiger partial charge is 0.377 e. The summed E-state index contributed by atoms with van der Waals surface area (Å²) >= 11 is 0. The van der Waals surface area contributed by atoms with Crippen molar-refractivity contribution in [2.75, 3.05) is 18.4 Å². The van der Waals surface area contributed by atoms with Crippen LogP contribution in [0.1, 0.15) is 32.0 Å². The van der Waals surface area contributed by atoms with E-state index in [0.29, 0.717) is 24.5 Å². The highest BCUT2D eigenvalue weighted by Crippen LogP contribution is 2.27. The first-order chi connectivity index (χ1) is 15.6.